The minimum atomic E-state index is -0.198. The van der Waals surface area contributed by atoms with E-state index in [9.17, 15) is 0 Å². The molecule has 0 aromatic heterocycles. The Labute approximate surface area is 139 Å². The molecule has 5 nitrogen and oxygen atoms in total. The van der Waals surface area contributed by atoms with Crippen molar-refractivity contribution in [3.63, 3.8) is 0 Å². The molecule has 5 heteroatoms. The molecule has 1 fully saturated rings. The smallest absolute Gasteiger partial charge is 0.191 e. The van der Waals surface area contributed by atoms with Gasteiger partial charge in [0, 0.05) is 39.7 Å². The summed E-state index contributed by atoms with van der Waals surface area (Å²) in [6.07, 6.45) is 1.78. The first-order valence-corrected chi connectivity index (χ1v) is 8.42. The third-order valence-corrected chi connectivity index (χ3v) is 4.36. The van der Waals surface area contributed by atoms with Gasteiger partial charge in [0.1, 0.15) is 0 Å². The SMILES string of the molecule is CCNC(=NCC1(OC)CCOCC1)NC(C)c1ccccc1. The maximum absolute atomic E-state index is 5.75. The second-order valence-corrected chi connectivity index (χ2v) is 5.97. The number of methoxy groups -OCH3 is 1. The van der Waals surface area contributed by atoms with Crippen molar-refractivity contribution in [2.24, 2.45) is 4.99 Å². The van der Waals surface area contributed by atoms with Crippen molar-refractivity contribution >= 4 is 5.96 Å². The van der Waals surface area contributed by atoms with Gasteiger partial charge >= 0.3 is 0 Å². The van der Waals surface area contributed by atoms with Crippen molar-refractivity contribution in [1.82, 2.24) is 10.6 Å². The van der Waals surface area contributed by atoms with E-state index in [0.29, 0.717) is 6.54 Å². The Balaban J connectivity index is 2.01. The molecular weight excluding hydrogens is 290 g/mol. The zero-order valence-electron chi connectivity index (χ0n) is 14.5. The topological polar surface area (TPSA) is 54.9 Å². The van der Waals surface area contributed by atoms with Crippen LogP contribution in [0.3, 0.4) is 0 Å². The van der Waals surface area contributed by atoms with E-state index in [1.54, 1.807) is 7.11 Å². The van der Waals surface area contributed by atoms with Gasteiger partial charge in [-0.2, -0.15) is 0 Å². The number of nitrogens with zero attached hydrogens (tertiary/aromatic N) is 1. The summed E-state index contributed by atoms with van der Waals surface area (Å²) in [4.78, 5) is 4.76. The second kappa shape index (κ2) is 8.89. The molecule has 2 N–H and O–H groups in total. The van der Waals surface area contributed by atoms with Crippen molar-refractivity contribution in [2.75, 3.05) is 33.4 Å². The van der Waals surface area contributed by atoms with Gasteiger partial charge in [-0.3, -0.25) is 4.99 Å². The van der Waals surface area contributed by atoms with E-state index in [1.807, 2.05) is 6.07 Å². The summed E-state index contributed by atoms with van der Waals surface area (Å²) in [5.41, 5.74) is 1.04. The number of benzene rings is 1. The Bertz CT molecular complexity index is 484. The first kappa shape index (κ1) is 17.8. The van der Waals surface area contributed by atoms with E-state index in [0.717, 1.165) is 38.6 Å². The van der Waals surface area contributed by atoms with Gasteiger partial charge in [-0.1, -0.05) is 30.3 Å². The molecule has 0 amide bonds. The van der Waals surface area contributed by atoms with E-state index in [2.05, 4.69) is 48.7 Å². The van der Waals surface area contributed by atoms with Gasteiger partial charge < -0.3 is 20.1 Å². The summed E-state index contributed by atoms with van der Waals surface area (Å²) in [6, 6.07) is 10.6. The van der Waals surface area contributed by atoms with Gasteiger partial charge in [0.05, 0.1) is 18.2 Å². The second-order valence-electron chi connectivity index (χ2n) is 5.97. The molecule has 0 saturated carbocycles. The highest BCUT2D eigenvalue weighted by Gasteiger charge is 2.32. The van der Waals surface area contributed by atoms with Crippen LogP contribution in [0.25, 0.3) is 0 Å². The summed E-state index contributed by atoms with van der Waals surface area (Å²) in [5.74, 6) is 0.826. The minimum absolute atomic E-state index is 0.196. The lowest BCUT2D eigenvalue weighted by atomic mass is 9.94. The number of ether oxygens (including phenoxy) is 2. The van der Waals surface area contributed by atoms with Gasteiger partial charge in [-0.15, -0.1) is 0 Å². The molecule has 0 bridgehead atoms. The molecule has 2 rings (SSSR count). The van der Waals surface area contributed by atoms with E-state index >= 15 is 0 Å². The van der Waals surface area contributed by atoms with Gasteiger partial charge in [0.2, 0.25) is 0 Å². The largest absolute Gasteiger partial charge is 0.381 e. The fourth-order valence-corrected chi connectivity index (χ4v) is 2.74. The average molecular weight is 319 g/mol. The van der Waals surface area contributed by atoms with Crippen LogP contribution in [0, 0.1) is 0 Å². The van der Waals surface area contributed by atoms with Crippen molar-refractivity contribution in [1.29, 1.82) is 0 Å². The van der Waals surface area contributed by atoms with Crippen LogP contribution in [0.5, 0.6) is 0 Å². The van der Waals surface area contributed by atoms with Gasteiger partial charge in [-0.25, -0.2) is 0 Å². The maximum Gasteiger partial charge on any atom is 0.191 e. The van der Waals surface area contributed by atoms with E-state index in [-0.39, 0.29) is 11.6 Å². The van der Waals surface area contributed by atoms with Crippen LogP contribution < -0.4 is 10.6 Å². The van der Waals surface area contributed by atoms with Crippen LogP contribution >= 0.6 is 0 Å². The van der Waals surface area contributed by atoms with Crippen LogP contribution in [-0.2, 0) is 9.47 Å². The van der Waals surface area contributed by atoms with Crippen LogP contribution in [0.15, 0.2) is 35.3 Å². The summed E-state index contributed by atoms with van der Waals surface area (Å²) >= 11 is 0. The fraction of sp³-hybridized carbons (Fsp3) is 0.611. The number of aliphatic imine (C=N–C) groups is 1. The highest BCUT2D eigenvalue weighted by Crippen LogP contribution is 2.24. The Hall–Kier alpha value is -1.59. The van der Waals surface area contributed by atoms with Crippen LogP contribution in [0.4, 0.5) is 0 Å². The highest BCUT2D eigenvalue weighted by molar-refractivity contribution is 5.80. The maximum atomic E-state index is 5.75. The Morgan fingerprint density at radius 3 is 2.61 bits per heavy atom. The molecule has 128 valence electrons. The molecule has 1 aliphatic rings. The van der Waals surface area contributed by atoms with E-state index in [4.69, 9.17) is 14.5 Å². The number of rotatable bonds is 6. The van der Waals surface area contributed by atoms with Crippen molar-refractivity contribution in [3.05, 3.63) is 35.9 Å². The summed E-state index contributed by atoms with van der Waals surface area (Å²) < 4.78 is 11.2. The molecule has 1 saturated heterocycles. The van der Waals surface area contributed by atoms with E-state index < -0.39 is 0 Å². The number of hydrogen-bond donors (Lipinski definition) is 2. The highest BCUT2D eigenvalue weighted by atomic mass is 16.5. The van der Waals surface area contributed by atoms with Crippen LogP contribution in [-0.4, -0.2) is 45.0 Å². The fourth-order valence-electron chi connectivity index (χ4n) is 2.74. The lowest BCUT2D eigenvalue weighted by Gasteiger charge is -2.34. The lowest BCUT2D eigenvalue weighted by molar-refractivity contribution is -0.0828. The van der Waals surface area contributed by atoms with Crippen LogP contribution in [0.1, 0.15) is 38.3 Å². The Morgan fingerprint density at radius 2 is 2.00 bits per heavy atom. The summed E-state index contributed by atoms with van der Waals surface area (Å²) in [7, 11) is 1.77. The molecule has 1 atom stereocenters. The normalized spacial score (nSPS) is 19.2. The molecule has 1 unspecified atom stereocenters. The third-order valence-electron chi connectivity index (χ3n) is 4.36. The molecule has 0 spiro atoms. The number of nitrogens with one attached hydrogen (secondary N) is 2. The molecule has 1 aliphatic heterocycles. The predicted molar refractivity (Wildman–Crippen MR) is 93.8 cm³/mol. The minimum Gasteiger partial charge on any atom is -0.381 e. The first-order valence-electron chi connectivity index (χ1n) is 8.42. The van der Waals surface area contributed by atoms with Gasteiger partial charge in [-0.05, 0) is 19.4 Å². The van der Waals surface area contributed by atoms with E-state index in [1.165, 1.54) is 5.56 Å². The monoisotopic (exact) mass is 319 g/mol. The van der Waals surface area contributed by atoms with Crippen molar-refractivity contribution in [2.45, 2.75) is 38.3 Å². The Morgan fingerprint density at radius 1 is 1.30 bits per heavy atom. The first-order chi connectivity index (χ1) is 11.2. The van der Waals surface area contributed by atoms with Gasteiger partial charge in [0.15, 0.2) is 5.96 Å². The molecule has 1 aromatic rings. The third kappa shape index (κ3) is 5.22. The Kier molecular flexibility index (Phi) is 6.86. The molecule has 1 heterocycles. The summed E-state index contributed by atoms with van der Waals surface area (Å²) in [5, 5.41) is 6.78. The predicted octanol–water partition coefficient (Wildman–Crippen LogP) is 2.50. The molecule has 0 radical (unpaired) electrons. The molecule has 1 aromatic carbocycles. The standard InChI is InChI=1S/C18H29N3O2/c1-4-19-17(21-15(2)16-8-6-5-7-9-16)20-14-18(22-3)10-12-23-13-11-18/h5-9,15H,4,10-14H2,1-3H3,(H2,19,20,21). The number of guanidine groups is 1. The quantitative estimate of drug-likeness (QED) is 0.625. The lowest BCUT2D eigenvalue weighted by Crippen LogP contribution is -2.44. The van der Waals surface area contributed by atoms with Gasteiger partial charge in [0.25, 0.3) is 0 Å². The van der Waals surface area contributed by atoms with Crippen molar-refractivity contribution < 1.29 is 9.47 Å². The molecule has 0 aliphatic carbocycles. The average Bonchev–Trinajstić information content (AvgIpc) is 2.61. The zero-order valence-corrected chi connectivity index (χ0v) is 14.5. The zero-order chi connectivity index (χ0) is 16.5. The molecular formula is C18H29N3O2. The summed E-state index contributed by atoms with van der Waals surface area (Å²) in [6.45, 7) is 7.18. The number of hydrogen-bond acceptors (Lipinski definition) is 3. The van der Waals surface area contributed by atoms with Crippen LogP contribution in [0.2, 0.25) is 0 Å². The van der Waals surface area contributed by atoms with Crippen molar-refractivity contribution in [3.8, 4) is 0 Å². The molecule has 23 heavy (non-hydrogen) atoms.